The number of hydrogen-bond acceptors (Lipinski definition) is 3. The van der Waals surface area contributed by atoms with Crippen LogP contribution < -0.4 is 5.73 Å². The summed E-state index contributed by atoms with van der Waals surface area (Å²) in [6.07, 6.45) is 1.72. The number of aliphatic carboxylic acids is 1. The number of piperidine rings is 1. The van der Waals surface area contributed by atoms with Crippen LogP contribution in [0.1, 0.15) is 26.7 Å². The summed E-state index contributed by atoms with van der Waals surface area (Å²) < 4.78 is 0. The summed E-state index contributed by atoms with van der Waals surface area (Å²) in [5.74, 6) is -1.22. The van der Waals surface area contributed by atoms with Crippen molar-refractivity contribution in [3.63, 3.8) is 0 Å². The lowest BCUT2D eigenvalue weighted by Gasteiger charge is -2.35. The van der Waals surface area contributed by atoms with Crippen LogP contribution in [-0.4, -0.2) is 41.5 Å². The molecule has 16 heavy (non-hydrogen) atoms. The lowest BCUT2D eigenvalue weighted by Crippen LogP contribution is -2.46. The maximum Gasteiger partial charge on any atom is 0.310 e. The average Bonchev–Trinajstić information content (AvgIpc) is 2.17. The largest absolute Gasteiger partial charge is 0.481 e. The van der Waals surface area contributed by atoms with Crippen LogP contribution in [0, 0.1) is 11.3 Å². The molecule has 0 bridgehead atoms. The monoisotopic (exact) mass is 228 g/mol. The Hall–Kier alpha value is -1.10. The fourth-order valence-electron chi connectivity index (χ4n) is 2.06. The minimum atomic E-state index is -0.811. The second-order valence-corrected chi connectivity index (χ2v) is 5.17. The molecule has 0 aromatic heterocycles. The van der Waals surface area contributed by atoms with Crippen molar-refractivity contribution in [2.24, 2.45) is 17.1 Å². The predicted octanol–water partition coefficient (Wildman–Crippen LogP) is 0.295. The third-order valence-corrected chi connectivity index (χ3v) is 3.11. The summed E-state index contributed by atoms with van der Waals surface area (Å²) in [5.41, 5.74) is 4.49. The first-order valence-corrected chi connectivity index (χ1v) is 5.58. The number of amides is 1. The van der Waals surface area contributed by atoms with Crippen LogP contribution >= 0.6 is 0 Å². The van der Waals surface area contributed by atoms with Crippen LogP contribution in [-0.2, 0) is 9.59 Å². The Morgan fingerprint density at radius 1 is 1.50 bits per heavy atom. The molecule has 0 aliphatic carbocycles. The minimum absolute atomic E-state index is 0.127. The van der Waals surface area contributed by atoms with Gasteiger partial charge in [0.1, 0.15) is 0 Å². The third-order valence-electron chi connectivity index (χ3n) is 3.11. The molecule has 1 aliphatic rings. The van der Waals surface area contributed by atoms with E-state index in [0.29, 0.717) is 13.1 Å². The van der Waals surface area contributed by atoms with Gasteiger partial charge in [-0.3, -0.25) is 9.59 Å². The summed E-state index contributed by atoms with van der Waals surface area (Å²) in [7, 11) is 0. The van der Waals surface area contributed by atoms with Crippen molar-refractivity contribution >= 4 is 11.9 Å². The molecule has 1 aliphatic heterocycles. The van der Waals surface area contributed by atoms with E-state index in [9.17, 15) is 9.59 Å². The fourth-order valence-corrected chi connectivity index (χ4v) is 2.06. The van der Waals surface area contributed by atoms with Crippen molar-refractivity contribution in [3.05, 3.63) is 0 Å². The lowest BCUT2D eigenvalue weighted by atomic mass is 9.90. The van der Waals surface area contributed by atoms with Crippen molar-refractivity contribution in [2.45, 2.75) is 26.7 Å². The van der Waals surface area contributed by atoms with E-state index < -0.39 is 11.4 Å². The molecule has 1 fully saturated rings. The van der Waals surface area contributed by atoms with Gasteiger partial charge in [-0.25, -0.2) is 0 Å². The van der Waals surface area contributed by atoms with Crippen molar-refractivity contribution in [2.75, 3.05) is 19.6 Å². The van der Waals surface area contributed by atoms with Crippen molar-refractivity contribution in [3.8, 4) is 0 Å². The molecular formula is C11H20N2O3. The second kappa shape index (κ2) is 4.82. The predicted molar refractivity (Wildman–Crippen MR) is 59.8 cm³/mol. The minimum Gasteiger partial charge on any atom is -0.481 e. The first-order chi connectivity index (χ1) is 7.33. The van der Waals surface area contributed by atoms with Gasteiger partial charge in [-0.1, -0.05) is 0 Å². The van der Waals surface area contributed by atoms with Crippen LogP contribution in [0.2, 0.25) is 0 Å². The number of likely N-dealkylation sites (tertiary alicyclic amines) is 1. The summed E-state index contributed by atoms with van der Waals surface area (Å²) in [5, 5.41) is 9.03. The number of nitrogens with zero attached hydrogens (tertiary/aromatic N) is 1. The van der Waals surface area contributed by atoms with E-state index in [1.165, 1.54) is 0 Å². The molecule has 1 heterocycles. The van der Waals surface area contributed by atoms with Crippen LogP contribution in [0.4, 0.5) is 0 Å². The number of carboxylic acid groups (broad SMARTS) is 1. The molecule has 5 heteroatoms. The van der Waals surface area contributed by atoms with E-state index in [1.54, 1.807) is 13.8 Å². The molecule has 1 rings (SSSR count). The zero-order valence-corrected chi connectivity index (χ0v) is 9.90. The molecule has 1 unspecified atom stereocenters. The van der Waals surface area contributed by atoms with Crippen LogP contribution in [0.15, 0.2) is 0 Å². The quantitative estimate of drug-likeness (QED) is 0.724. The standard InChI is InChI=1S/C11H20N2O3/c1-11(2,10(15)16)7-13-5-3-4-8(6-13)9(12)14/h8H,3-7H2,1-2H3,(H2,12,14)(H,15,16). The number of carbonyl (C=O) groups is 2. The Balaban J connectivity index is 2.55. The molecule has 0 saturated carbocycles. The SMILES string of the molecule is CC(C)(CN1CCCC(C(N)=O)C1)C(=O)O. The molecule has 0 spiro atoms. The Morgan fingerprint density at radius 2 is 2.12 bits per heavy atom. The van der Waals surface area contributed by atoms with E-state index in [4.69, 9.17) is 10.8 Å². The van der Waals surface area contributed by atoms with Crippen molar-refractivity contribution in [1.82, 2.24) is 4.90 Å². The van der Waals surface area contributed by atoms with Crippen LogP contribution in [0.5, 0.6) is 0 Å². The molecule has 92 valence electrons. The third kappa shape index (κ3) is 3.20. The first-order valence-electron chi connectivity index (χ1n) is 5.58. The van der Waals surface area contributed by atoms with Gasteiger partial charge >= 0.3 is 5.97 Å². The maximum absolute atomic E-state index is 11.1. The van der Waals surface area contributed by atoms with E-state index in [0.717, 1.165) is 19.4 Å². The Morgan fingerprint density at radius 3 is 2.62 bits per heavy atom. The summed E-state index contributed by atoms with van der Waals surface area (Å²) in [6.45, 7) is 5.30. The van der Waals surface area contributed by atoms with E-state index in [2.05, 4.69) is 0 Å². The molecule has 1 atom stereocenters. The number of primary amides is 1. The highest BCUT2D eigenvalue weighted by Crippen LogP contribution is 2.22. The Bertz CT molecular complexity index is 289. The maximum atomic E-state index is 11.1. The van der Waals surface area contributed by atoms with Gasteiger partial charge in [0.15, 0.2) is 0 Å². The molecule has 0 aromatic carbocycles. The molecule has 1 amide bonds. The Kier molecular flexibility index (Phi) is 3.91. The molecule has 1 saturated heterocycles. The van der Waals surface area contributed by atoms with E-state index in [-0.39, 0.29) is 11.8 Å². The normalized spacial score (nSPS) is 23.0. The van der Waals surface area contributed by atoms with E-state index >= 15 is 0 Å². The number of carboxylic acids is 1. The second-order valence-electron chi connectivity index (χ2n) is 5.17. The van der Waals surface area contributed by atoms with Crippen molar-refractivity contribution in [1.29, 1.82) is 0 Å². The molecular weight excluding hydrogens is 208 g/mol. The molecule has 5 nitrogen and oxygen atoms in total. The number of hydrogen-bond donors (Lipinski definition) is 2. The van der Waals surface area contributed by atoms with Gasteiger partial charge in [-0.2, -0.15) is 0 Å². The number of carbonyl (C=O) groups excluding carboxylic acids is 1. The fraction of sp³-hybridized carbons (Fsp3) is 0.818. The highest BCUT2D eigenvalue weighted by atomic mass is 16.4. The molecule has 0 radical (unpaired) electrons. The zero-order chi connectivity index (χ0) is 12.3. The van der Waals surface area contributed by atoms with Gasteiger partial charge in [-0.15, -0.1) is 0 Å². The van der Waals surface area contributed by atoms with Gasteiger partial charge in [0.25, 0.3) is 0 Å². The van der Waals surface area contributed by atoms with Gasteiger partial charge in [-0.05, 0) is 33.2 Å². The molecule has 0 aromatic rings. The van der Waals surface area contributed by atoms with Crippen LogP contribution in [0.25, 0.3) is 0 Å². The first kappa shape index (κ1) is 13.0. The molecule has 3 N–H and O–H groups in total. The van der Waals surface area contributed by atoms with E-state index in [1.807, 2.05) is 4.90 Å². The van der Waals surface area contributed by atoms with Gasteiger partial charge < -0.3 is 15.7 Å². The smallest absolute Gasteiger partial charge is 0.310 e. The van der Waals surface area contributed by atoms with Crippen molar-refractivity contribution < 1.29 is 14.7 Å². The van der Waals surface area contributed by atoms with Gasteiger partial charge in [0, 0.05) is 13.1 Å². The lowest BCUT2D eigenvalue weighted by molar-refractivity contribution is -0.148. The summed E-state index contributed by atoms with van der Waals surface area (Å²) >= 11 is 0. The summed E-state index contributed by atoms with van der Waals surface area (Å²) in [4.78, 5) is 24.1. The summed E-state index contributed by atoms with van der Waals surface area (Å²) in [6, 6.07) is 0. The topological polar surface area (TPSA) is 83.6 Å². The number of rotatable bonds is 4. The average molecular weight is 228 g/mol. The number of nitrogens with two attached hydrogens (primary N) is 1. The highest BCUT2D eigenvalue weighted by Gasteiger charge is 2.32. The van der Waals surface area contributed by atoms with Gasteiger partial charge in [0.05, 0.1) is 11.3 Å². The van der Waals surface area contributed by atoms with Gasteiger partial charge in [0.2, 0.25) is 5.91 Å². The Labute approximate surface area is 95.6 Å². The highest BCUT2D eigenvalue weighted by molar-refractivity contribution is 5.77. The zero-order valence-electron chi connectivity index (χ0n) is 9.90. The van der Waals surface area contributed by atoms with Crippen LogP contribution in [0.3, 0.4) is 0 Å².